The van der Waals surface area contributed by atoms with Crippen LogP contribution in [0.1, 0.15) is 32.3 Å². The standard InChI is InChI=1S/C29H22N2O2/c32-27(21-12-4-1-5-13-21)20-25-28(22-14-6-2-7-15-22)31(26-19-11-10-18-24(26)30-25)29(33)23-16-8-3-9-17-23/h1-20,28,30H/b25-20+. The molecule has 4 heteroatoms. The molecule has 1 amide bonds. The van der Waals surface area contributed by atoms with Crippen LogP contribution in [0.25, 0.3) is 0 Å². The van der Waals surface area contributed by atoms with E-state index in [0.29, 0.717) is 16.8 Å². The van der Waals surface area contributed by atoms with Crippen LogP contribution < -0.4 is 10.2 Å². The molecular formula is C29H22N2O2. The third-order valence-electron chi connectivity index (χ3n) is 5.70. The fourth-order valence-corrected chi connectivity index (χ4v) is 4.14. The molecule has 4 aromatic carbocycles. The molecule has 0 fully saturated rings. The Kier molecular flexibility index (Phi) is 5.56. The minimum absolute atomic E-state index is 0.120. The Bertz CT molecular complexity index is 1320. The van der Waals surface area contributed by atoms with Gasteiger partial charge in [-0.25, -0.2) is 0 Å². The summed E-state index contributed by atoms with van der Waals surface area (Å²) >= 11 is 0. The summed E-state index contributed by atoms with van der Waals surface area (Å²) in [7, 11) is 0. The van der Waals surface area contributed by atoms with Crippen molar-refractivity contribution >= 4 is 23.1 Å². The zero-order chi connectivity index (χ0) is 22.6. The van der Waals surface area contributed by atoms with Gasteiger partial charge in [-0.2, -0.15) is 0 Å². The maximum Gasteiger partial charge on any atom is 0.259 e. The Labute approximate surface area is 192 Å². The molecule has 0 aromatic heterocycles. The van der Waals surface area contributed by atoms with Crippen molar-refractivity contribution in [1.82, 2.24) is 0 Å². The first-order chi connectivity index (χ1) is 16.2. The maximum absolute atomic E-state index is 13.8. The van der Waals surface area contributed by atoms with Gasteiger partial charge in [0.2, 0.25) is 0 Å². The van der Waals surface area contributed by atoms with Crippen LogP contribution in [0.3, 0.4) is 0 Å². The lowest BCUT2D eigenvalue weighted by Gasteiger charge is -2.40. The van der Waals surface area contributed by atoms with Crippen LogP contribution in [0.4, 0.5) is 11.4 Å². The second-order valence-corrected chi connectivity index (χ2v) is 7.83. The van der Waals surface area contributed by atoms with Crippen LogP contribution in [0.2, 0.25) is 0 Å². The van der Waals surface area contributed by atoms with Crippen LogP contribution in [0.5, 0.6) is 0 Å². The van der Waals surface area contributed by atoms with E-state index in [9.17, 15) is 9.59 Å². The highest BCUT2D eigenvalue weighted by atomic mass is 16.2. The molecule has 1 heterocycles. The average Bonchev–Trinajstić information content (AvgIpc) is 2.89. The van der Waals surface area contributed by atoms with Gasteiger partial charge in [-0.3, -0.25) is 14.5 Å². The van der Waals surface area contributed by atoms with Crippen molar-refractivity contribution in [2.75, 3.05) is 10.2 Å². The number of carbonyl (C=O) groups excluding carboxylic acids is 2. The quantitative estimate of drug-likeness (QED) is 0.307. The summed E-state index contributed by atoms with van der Waals surface area (Å²) in [4.78, 5) is 28.7. The van der Waals surface area contributed by atoms with E-state index in [0.717, 1.165) is 16.9 Å². The van der Waals surface area contributed by atoms with Gasteiger partial charge < -0.3 is 5.32 Å². The van der Waals surface area contributed by atoms with Crippen molar-refractivity contribution in [3.8, 4) is 0 Å². The van der Waals surface area contributed by atoms with Gasteiger partial charge in [0.05, 0.1) is 11.4 Å². The number of anilines is 2. The van der Waals surface area contributed by atoms with E-state index in [1.165, 1.54) is 0 Å². The minimum Gasteiger partial charge on any atom is -0.355 e. The van der Waals surface area contributed by atoms with E-state index >= 15 is 0 Å². The molecule has 0 bridgehead atoms. The lowest BCUT2D eigenvalue weighted by molar-refractivity contribution is 0.0976. The number of para-hydroxylation sites is 2. The van der Waals surface area contributed by atoms with Crippen LogP contribution in [-0.4, -0.2) is 11.7 Å². The number of fused-ring (bicyclic) bond motifs is 1. The van der Waals surface area contributed by atoms with Gasteiger partial charge in [-0.1, -0.05) is 91.0 Å². The number of nitrogens with zero attached hydrogens (tertiary/aromatic N) is 1. The van der Waals surface area contributed by atoms with Crippen LogP contribution >= 0.6 is 0 Å². The molecule has 1 atom stereocenters. The molecule has 1 N–H and O–H groups in total. The molecule has 5 rings (SSSR count). The van der Waals surface area contributed by atoms with Gasteiger partial charge >= 0.3 is 0 Å². The highest BCUT2D eigenvalue weighted by Gasteiger charge is 2.36. The highest BCUT2D eigenvalue weighted by molar-refractivity contribution is 6.11. The number of amides is 1. The monoisotopic (exact) mass is 430 g/mol. The fraction of sp³-hybridized carbons (Fsp3) is 0.0345. The third kappa shape index (κ3) is 4.06. The molecule has 1 aliphatic rings. The van der Waals surface area contributed by atoms with Crippen molar-refractivity contribution < 1.29 is 9.59 Å². The molecule has 33 heavy (non-hydrogen) atoms. The van der Waals surface area contributed by atoms with E-state index < -0.39 is 6.04 Å². The summed E-state index contributed by atoms with van der Waals surface area (Å²) < 4.78 is 0. The second-order valence-electron chi connectivity index (χ2n) is 7.83. The summed E-state index contributed by atoms with van der Waals surface area (Å²) in [5.74, 6) is -0.248. The molecule has 0 aliphatic carbocycles. The van der Waals surface area contributed by atoms with Crippen molar-refractivity contribution in [1.29, 1.82) is 0 Å². The predicted molar refractivity (Wildman–Crippen MR) is 131 cm³/mol. The smallest absolute Gasteiger partial charge is 0.259 e. The van der Waals surface area contributed by atoms with E-state index in [2.05, 4.69) is 5.32 Å². The van der Waals surface area contributed by atoms with Gasteiger partial charge in [-0.05, 0) is 29.8 Å². The van der Waals surface area contributed by atoms with E-state index in [-0.39, 0.29) is 11.7 Å². The molecule has 0 radical (unpaired) electrons. The summed E-state index contributed by atoms with van der Waals surface area (Å²) in [6.07, 6.45) is 1.61. The largest absolute Gasteiger partial charge is 0.355 e. The van der Waals surface area contributed by atoms with E-state index in [1.807, 2.05) is 103 Å². The molecule has 4 aromatic rings. The molecule has 0 saturated carbocycles. The summed E-state index contributed by atoms with van der Waals surface area (Å²) in [6.45, 7) is 0. The Morgan fingerprint density at radius 2 is 1.21 bits per heavy atom. The second kappa shape index (κ2) is 8.97. The molecule has 1 unspecified atom stereocenters. The number of rotatable bonds is 4. The minimum atomic E-state index is -0.485. The van der Waals surface area contributed by atoms with Gasteiger partial charge in [0.15, 0.2) is 5.78 Å². The van der Waals surface area contributed by atoms with Crippen molar-refractivity contribution in [3.63, 3.8) is 0 Å². The SMILES string of the molecule is O=C(/C=C1/Nc2ccccc2N(C(=O)c2ccccc2)C1c1ccccc1)c1ccccc1. The number of allylic oxidation sites excluding steroid dienone is 1. The van der Waals surface area contributed by atoms with Gasteiger partial charge in [0.25, 0.3) is 5.91 Å². The number of ketones is 1. The summed E-state index contributed by atoms with van der Waals surface area (Å²) in [5.41, 5.74) is 4.29. The Morgan fingerprint density at radius 3 is 1.88 bits per heavy atom. The number of hydrogen-bond acceptors (Lipinski definition) is 3. The third-order valence-corrected chi connectivity index (χ3v) is 5.70. The highest BCUT2D eigenvalue weighted by Crippen LogP contribution is 2.43. The number of carbonyl (C=O) groups is 2. The first kappa shape index (κ1) is 20.5. The molecular weight excluding hydrogens is 408 g/mol. The van der Waals surface area contributed by atoms with Crippen LogP contribution in [0.15, 0.2) is 127 Å². The van der Waals surface area contributed by atoms with Crippen molar-refractivity contribution in [3.05, 3.63) is 144 Å². The number of benzene rings is 4. The summed E-state index contributed by atoms with van der Waals surface area (Å²) in [5, 5.41) is 3.43. The Balaban J connectivity index is 1.69. The molecule has 1 aliphatic heterocycles. The number of nitrogens with one attached hydrogen (secondary N) is 1. The normalized spacial score (nSPS) is 16.1. The zero-order valence-electron chi connectivity index (χ0n) is 17.9. The topological polar surface area (TPSA) is 49.4 Å². The van der Waals surface area contributed by atoms with Crippen molar-refractivity contribution in [2.45, 2.75) is 6.04 Å². The van der Waals surface area contributed by atoms with Gasteiger partial charge in [-0.15, -0.1) is 0 Å². The first-order valence-electron chi connectivity index (χ1n) is 10.8. The number of hydrogen-bond donors (Lipinski definition) is 1. The Morgan fingerprint density at radius 1 is 0.667 bits per heavy atom. The van der Waals surface area contributed by atoms with Gasteiger partial charge in [0.1, 0.15) is 6.04 Å². The zero-order valence-corrected chi connectivity index (χ0v) is 17.9. The maximum atomic E-state index is 13.8. The van der Waals surface area contributed by atoms with E-state index in [4.69, 9.17) is 0 Å². The van der Waals surface area contributed by atoms with Gasteiger partial charge in [0, 0.05) is 22.9 Å². The molecule has 160 valence electrons. The fourth-order valence-electron chi connectivity index (χ4n) is 4.14. The Hall–Kier alpha value is -4.44. The van der Waals surface area contributed by atoms with Crippen LogP contribution in [-0.2, 0) is 0 Å². The predicted octanol–water partition coefficient (Wildman–Crippen LogP) is 6.27. The lowest BCUT2D eigenvalue weighted by Crippen LogP contribution is -2.41. The van der Waals surface area contributed by atoms with Crippen LogP contribution in [0, 0.1) is 0 Å². The molecule has 0 saturated heterocycles. The average molecular weight is 431 g/mol. The first-order valence-corrected chi connectivity index (χ1v) is 10.8. The molecule has 0 spiro atoms. The molecule has 4 nitrogen and oxygen atoms in total. The van der Waals surface area contributed by atoms with Crippen molar-refractivity contribution in [2.24, 2.45) is 0 Å². The van der Waals surface area contributed by atoms with E-state index in [1.54, 1.807) is 23.1 Å². The summed E-state index contributed by atoms with van der Waals surface area (Å²) in [6, 6.07) is 35.3. The lowest BCUT2D eigenvalue weighted by atomic mass is 9.95.